The molecule has 2 heterocycles. The average molecular weight is 497 g/mol. The van der Waals surface area contributed by atoms with Crippen LogP contribution in [0.15, 0.2) is 37.0 Å². The summed E-state index contributed by atoms with van der Waals surface area (Å²) in [6.45, 7) is 2.68. The van der Waals surface area contributed by atoms with E-state index in [4.69, 9.17) is 4.74 Å². The Morgan fingerprint density at radius 2 is 1.80 bits per heavy atom. The van der Waals surface area contributed by atoms with Crippen molar-refractivity contribution in [1.29, 1.82) is 0 Å². The zero-order valence-electron chi connectivity index (χ0n) is 10.4. The summed E-state index contributed by atoms with van der Waals surface area (Å²) in [6, 6.07) is 8.23. The zero-order chi connectivity index (χ0) is 14.3. The molecule has 20 heavy (non-hydrogen) atoms. The number of thiophene rings is 2. The quantitative estimate of drug-likeness (QED) is 0.369. The topological polar surface area (TPSA) is 9.23 Å². The van der Waals surface area contributed by atoms with Crippen LogP contribution in [0, 0.1) is 0 Å². The van der Waals surface area contributed by atoms with Gasteiger partial charge < -0.3 is 4.74 Å². The van der Waals surface area contributed by atoms with Gasteiger partial charge in [0.05, 0.1) is 33.6 Å². The summed E-state index contributed by atoms with van der Waals surface area (Å²) >= 11 is 14.5. The van der Waals surface area contributed by atoms with Gasteiger partial charge in [0, 0.05) is 0 Å². The third-order valence-corrected chi connectivity index (χ3v) is 9.21. The van der Waals surface area contributed by atoms with Crippen molar-refractivity contribution in [3.63, 3.8) is 0 Å². The second-order valence-electron chi connectivity index (χ2n) is 4.05. The highest BCUT2D eigenvalue weighted by molar-refractivity contribution is 9.13. The van der Waals surface area contributed by atoms with E-state index in [1.807, 2.05) is 19.1 Å². The lowest BCUT2D eigenvalue weighted by Crippen LogP contribution is -1.90. The Bertz CT molecular complexity index is 776. The first kappa shape index (κ1) is 15.0. The van der Waals surface area contributed by atoms with Crippen LogP contribution in [-0.4, -0.2) is 6.61 Å². The predicted molar refractivity (Wildman–Crippen MR) is 99.4 cm³/mol. The van der Waals surface area contributed by atoms with E-state index in [2.05, 4.69) is 59.9 Å². The van der Waals surface area contributed by atoms with Crippen LogP contribution in [0.3, 0.4) is 0 Å². The van der Waals surface area contributed by atoms with Gasteiger partial charge in [-0.3, -0.25) is 0 Å². The number of benzene rings is 1. The molecule has 0 spiro atoms. The molecule has 3 aromatic rings. The first-order valence-corrected chi connectivity index (χ1v) is 9.92. The molecule has 0 saturated heterocycles. The van der Waals surface area contributed by atoms with E-state index >= 15 is 0 Å². The first-order chi connectivity index (χ1) is 9.61. The second-order valence-corrected chi connectivity index (χ2v) is 9.00. The van der Waals surface area contributed by atoms with Crippen molar-refractivity contribution in [2.24, 2.45) is 0 Å². The van der Waals surface area contributed by atoms with Crippen LogP contribution in [0.4, 0.5) is 0 Å². The van der Waals surface area contributed by atoms with Gasteiger partial charge in [-0.05, 0) is 72.4 Å². The van der Waals surface area contributed by atoms with Gasteiger partial charge in [-0.1, -0.05) is 12.1 Å². The molecule has 0 atom stereocenters. The van der Waals surface area contributed by atoms with Gasteiger partial charge in [0.1, 0.15) is 5.75 Å². The van der Waals surface area contributed by atoms with Crippen LogP contribution < -0.4 is 4.74 Å². The molecule has 0 saturated carbocycles. The summed E-state index contributed by atoms with van der Waals surface area (Å²) in [5, 5.41) is 0. The second kappa shape index (κ2) is 6.08. The van der Waals surface area contributed by atoms with Crippen LogP contribution in [0.2, 0.25) is 0 Å². The third-order valence-electron chi connectivity index (χ3n) is 2.78. The molecule has 0 aliphatic rings. The van der Waals surface area contributed by atoms with Crippen molar-refractivity contribution in [3.05, 3.63) is 37.0 Å². The standard InChI is InChI=1S/C14H9Br3OS2/c1-2-18-8-5-3-4-7(6-8)11-9(15)12-13(19-11)10(16)14(17)20-12/h3-6H,2H2,1H3. The molecule has 6 heteroatoms. The first-order valence-electron chi connectivity index (χ1n) is 5.90. The van der Waals surface area contributed by atoms with E-state index < -0.39 is 0 Å². The SMILES string of the molecule is CCOc1cccc(-c2sc3c(Br)c(Br)sc3c2Br)c1. The number of hydrogen-bond donors (Lipinski definition) is 0. The summed E-state index contributed by atoms with van der Waals surface area (Å²) in [7, 11) is 0. The maximum Gasteiger partial charge on any atom is 0.119 e. The van der Waals surface area contributed by atoms with E-state index in [-0.39, 0.29) is 0 Å². The minimum atomic E-state index is 0.683. The van der Waals surface area contributed by atoms with Crippen molar-refractivity contribution in [2.75, 3.05) is 6.61 Å². The van der Waals surface area contributed by atoms with Gasteiger partial charge in [0.2, 0.25) is 0 Å². The summed E-state index contributed by atoms with van der Waals surface area (Å²) in [5.41, 5.74) is 1.18. The van der Waals surface area contributed by atoms with Crippen molar-refractivity contribution < 1.29 is 4.74 Å². The summed E-state index contributed by atoms with van der Waals surface area (Å²) < 4.78 is 11.5. The highest BCUT2D eigenvalue weighted by Crippen LogP contribution is 2.51. The highest BCUT2D eigenvalue weighted by atomic mass is 79.9. The molecule has 1 nitrogen and oxygen atoms in total. The van der Waals surface area contributed by atoms with Gasteiger partial charge in [-0.25, -0.2) is 0 Å². The van der Waals surface area contributed by atoms with Gasteiger partial charge in [0.15, 0.2) is 0 Å². The largest absolute Gasteiger partial charge is 0.494 e. The lowest BCUT2D eigenvalue weighted by atomic mass is 10.2. The number of halogens is 3. The lowest BCUT2D eigenvalue weighted by molar-refractivity contribution is 0.340. The number of rotatable bonds is 3. The van der Waals surface area contributed by atoms with E-state index in [9.17, 15) is 0 Å². The molecular weight excluding hydrogens is 488 g/mol. The van der Waals surface area contributed by atoms with Crippen molar-refractivity contribution >= 4 is 79.9 Å². The Morgan fingerprint density at radius 3 is 2.50 bits per heavy atom. The fraction of sp³-hybridized carbons (Fsp3) is 0.143. The highest BCUT2D eigenvalue weighted by Gasteiger charge is 2.18. The molecule has 0 aliphatic heterocycles. The van der Waals surface area contributed by atoms with E-state index in [0.717, 1.165) is 18.5 Å². The van der Waals surface area contributed by atoms with E-state index in [1.165, 1.54) is 19.8 Å². The van der Waals surface area contributed by atoms with Crippen molar-refractivity contribution in [3.8, 4) is 16.2 Å². The minimum Gasteiger partial charge on any atom is -0.494 e. The van der Waals surface area contributed by atoms with Gasteiger partial charge >= 0.3 is 0 Å². The average Bonchev–Trinajstić information content (AvgIpc) is 2.90. The van der Waals surface area contributed by atoms with Crippen LogP contribution >= 0.6 is 70.5 Å². The number of fused-ring (bicyclic) bond motifs is 1. The number of ether oxygens (including phenoxy) is 1. The minimum absolute atomic E-state index is 0.683. The molecule has 104 valence electrons. The fourth-order valence-electron chi connectivity index (χ4n) is 1.93. The lowest BCUT2D eigenvalue weighted by Gasteiger charge is -2.05. The smallest absolute Gasteiger partial charge is 0.119 e. The molecule has 0 radical (unpaired) electrons. The Hall–Kier alpha value is 0.120. The van der Waals surface area contributed by atoms with Crippen LogP contribution in [0.5, 0.6) is 5.75 Å². The van der Waals surface area contributed by atoms with Crippen LogP contribution in [0.1, 0.15) is 6.92 Å². The van der Waals surface area contributed by atoms with Crippen LogP contribution in [0.25, 0.3) is 19.8 Å². The fourth-order valence-corrected chi connectivity index (χ4v) is 6.77. The molecule has 0 aliphatic carbocycles. The maximum absolute atomic E-state index is 5.58. The molecule has 0 bridgehead atoms. The third kappa shape index (κ3) is 2.61. The molecule has 2 aromatic heterocycles. The molecule has 0 amide bonds. The Kier molecular flexibility index (Phi) is 4.57. The summed E-state index contributed by atoms with van der Waals surface area (Å²) in [6.07, 6.45) is 0. The monoisotopic (exact) mass is 494 g/mol. The molecule has 1 aromatic carbocycles. The van der Waals surface area contributed by atoms with Gasteiger partial charge in [-0.2, -0.15) is 0 Å². The molecule has 0 fully saturated rings. The normalized spacial score (nSPS) is 11.2. The van der Waals surface area contributed by atoms with Crippen molar-refractivity contribution in [2.45, 2.75) is 6.92 Å². The van der Waals surface area contributed by atoms with Crippen molar-refractivity contribution in [1.82, 2.24) is 0 Å². The van der Waals surface area contributed by atoms with Gasteiger partial charge in [0.25, 0.3) is 0 Å². The zero-order valence-corrected chi connectivity index (χ0v) is 16.8. The Balaban J connectivity index is 2.14. The Labute approximate surface area is 150 Å². The molecule has 3 rings (SSSR count). The molecule has 0 unspecified atom stereocenters. The Morgan fingerprint density at radius 1 is 1.05 bits per heavy atom. The summed E-state index contributed by atoms with van der Waals surface area (Å²) in [4.78, 5) is 1.24. The number of hydrogen-bond acceptors (Lipinski definition) is 3. The maximum atomic E-state index is 5.58. The van der Waals surface area contributed by atoms with E-state index in [0.29, 0.717) is 6.61 Å². The van der Waals surface area contributed by atoms with Gasteiger partial charge in [-0.15, -0.1) is 22.7 Å². The summed E-state index contributed by atoms with van der Waals surface area (Å²) in [5.74, 6) is 0.911. The molecular formula is C14H9Br3OS2. The van der Waals surface area contributed by atoms with E-state index in [1.54, 1.807) is 22.7 Å². The molecule has 0 N–H and O–H groups in total. The predicted octanol–water partition coefficient (Wildman–Crippen LogP) is 7.32. The van der Waals surface area contributed by atoms with Crippen LogP contribution in [-0.2, 0) is 0 Å².